The van der Waals surface area contributed by atoms with Crippen LogP contribution in [0, 0.1) is 0 Å². The molecule has 0 fully saturated rings. The van der Waals surface area contributed by atoms with Crippen molar-refractivity contribution in [2.24, 2.45) is 0 Å². The van der Waals surface area contributed by atoms with E-state index in [0.29, 0.717) is 36.9 Å². The van der Waals surface area contributed by atoms with Crippen molar-refractivity contribution in [2.45, 2.75) is 19.6 Å². The van der Waals surface area contributed by atoms with Crippen LogP contribution in [0.15, 0.2) is 54.9 Å². The van der Waals surface area contributed by atoms with Gasteiger partial charge in [-0.25, -0.2) is 0 Å². The molecule has 7 nitrogen and oxygen atoms in total. The van der Waals surface area contributed by atoms with E-state index in [1.807, 2.05) is 30.3 Å². The predicted molar refractivity (Wildman–Crippen MR) is 104 cm³/mol. The summed E-state index contributed by atoms with van der Waals surface area (Å²) in [5.41, 5.74) is 2.42. The van der Waals surface area contributed by atoms with Gasteiger partial charge in [0.1, 0.15) is 5.69 Å². The first-order valence-corrected chi connectivity index (χ1v) is 9.27. The van der Waals surface area contributed by atoms with Gasteiger partial charge in [0.15, 0.2) is 5.69 Å². The summed E-state index contributed by atoms with van der Waals surface area (Å²) >= 11 is 6.21. The van der Waals surface area contributed by atoms with E-state index in [2.05, 4.69) is 15.4 Å². The summed E-state index contributed by atoms with van der Waals surface area (Å²) in [5.74, 6) is -0.485. The van der Waals surface area contributed by atoms with Crippen LogP contribution in [-0.4, -0.2) is 38.0 Å². The molecule has 1 aliphatic heterocycles. The van der Waals surface area contributed by atoms with Crippen LogP contribution in [-0.2, 0) is 19.6 Å². The number of benzene rings is 1. The zero-order valence-corrected chi connectivity index (χ0v) is 15.8. The lowest BCUT2D eigenvalue weighted by atomic mass is 10.2. The van der Waals surface area contributed by atoms with Gasteiger partial charge < -0.3 is 10.2 Å². The van der Waals surface area contributed by atoms with Crippen LogP contribution < -0.4 is 5.32 Å². The molecule has 8 heteroatoms. The molecule has 0 atom stereocenters. The quantitative estimate of drug-likeness (QED) is 0.719. The first kappa shape index (κ1) is 18.2. The van der Waals surface area contributed by atoms with Crippen LogP contribution in [0.1, 0.15) is 32.1 Å². The average Bonchev–Trinajstić information content (AvgIpc) is 3.16. The average molecular weight is 396 g/mol. The SMILES string of the molecule is O=C(NCc1cccnc1)c1cc2n(n1)CCN(Cc1ccccc1Cl)C2=O. The molecule has 1 N–H and O–H groups in total. The molecule has 2 aromatic heterocycles. The highest BCUT2D eigenvalue weighted by Crippen LogP contribution is 2.21. The number of carbonyl (C=O) groups is 2. The topological polar surface area (TPSA) is 80.1 Å². The Balaban J connectivity index is 1.45. The Morgan fingerprint density at radius 2 is 2.04 bits per heavy atom. The molecular weight excluding hydrogens is 378 g/mol. The van der Waals surface area contributed by atoms with Crippen LogP contribution in [0.3, 0.4) is 0 Å². The monoisotopic (exact) mass is 395 g/mol. The summed E-state index contributed by atoms with van der Waals surface area (Å²) < 4.78 is 1.59. The number of nitrogens with zero attached hydrogens (tertiary/aromatic N) is 4. The number of halogens is 1. The molecule has 0 saturated carbocycles. The van der Waals surface area contributed by atoms with Crippen molar-refractivity contribution in [3.05, 3.63) is 82.4 Å². The Labute approximate surface area is 166 Å². The fourth-order valence-electron chi connectivity index (χ4n) is 3.11. The van der Waals surface area contributed by atoms with E-state index in [9.17, 15) is 9.59 Å². The molecule has 0 spiro atoms. The molecule has 0 radical (unpaired) electrons. The Bertz CT molecular complexity index is 1020. The van der Waals surface area contributed by atoms with Crippen molar-refractivity contribution < 1.29 is 9.59 Å². The van der Waals surface area contributed by atoms with Gasteiger partial charge in [0.25, 0.3) is 11.8 Å². The number of hydrogen-bond acceptors (Lipinski definition) is 4. The van der Waals surface area contributed by atoms with E-state index in [1.165, 1.54) is 0 Å². The van der Waals surface area contributed by atoms with Crippen LogP contribution >= 0.6 is 11.6 Å². The lowest BCUT2D eigenvalue weighted by molar-refractivity contribution is 0.0683. The van der Waals surface area contributed by atoms with Crippen molar-refractivity contribution in [3.8, 4) is 0 Å². The number of carbonyl (C=O) groups excluding carboxylic acids is 2. The van der Waals surface area contributed by atoms with E-state index < -0.39 is 0 Å². The molecule has 4 rings (SSSR count). The molecule has 0 aliphatic carbocycles. The molecule has 3 heterocycles. The van der Waals surface area contributed by atoms with E-state index in [-0.39, 0.29) is 17.5 Å². The lowest BCUT2D eigenvalue weighted by Gasteiger charge is -2.27. The summed E-state index contributed by atoms with van der Waals surface area (Å²) in [7, 11) is 0. The van der Waals surface area contributed by atoms with Crippen LogP contribution in [0.2, 0.25) is 5.02 Å². The fourth-order valence-corrected chi connectivity index (χ4v) is 3.30. The second kappa shape index (κ2) is 7.82. The third-order valence-electron chi connectivity index (χ3n) is 4.60. The highest BCUT2D eigenvalue weighted by molar-refractivity contribution is 6.31. The number of pyridine rings is 1. The molecular formula is C20H18ClN5O2. The summed E-state index contributed by atoms with van der Waals surface area (Å²) in [4.78, 5) is 31.0. The molecule has 0 saturated heterocycles. The Kier molecular flexibility index (Phi) is 5.08. The zero-order valence-electron chi connectivity index (χ0n) is 15.0. The van der Waals surface area contributed by atoms with Crippen molar-refractivity contribution >= 4 is 23.4 Å². The van der Waals surface area contributed by atoms with Gasteiger partial charge in [-0.3, -0.25) is 19.3 Å². The maximum atomic E-state index is 12.8. The molecule has 1 aliphatic rings. The van der Waals surface area contributed by atoms with Gasteiger partial charge in [-0.2, -0.15) is 5.10 Å². The number of hydrogen-bond donors (Lipinski definition) is 1. The molecule has 0 bridgehead atoms. The Hall–Kier alpha value is -3.19. The van der Waals surface area contributed by atoms with Gasteiger partial charge in [0.2, 0.25) is 0 Å². The Morgan fingerprint density at radius 3 is 2.82 bits per heavy atom. The largest absolute Gasteiger partial charge is 0.347 e. The van der Waals surface area contributed by atoms with Gasteiger partial charge in [-0.05, 0) is 23.3 Å². The zero-order chi connectivity index (χ0) is 19.5. The highest BCUT2D eigenvalue weighted by Gasteiger charge is 2.28. The van der Waals surface area contributed by atoms with Crippen LogP contribution in [0.5, 0.6) is 0 Å². The number of amides is 2. The number of fused-ring (bicyclic) bond motifs is 1. The smallest absolute Gasteiger partial charge is 0.272 e. The molecule has 2 amide bonds. The normalized spacial score (nSPS) is 13.3. The second-order valence-electron chi connectivity index (χ2n) is 6.50. The third kappa shape index (κ3) is 3.75. The summed E-state index contributed by atoms with van der Waals surface area (Å²) in [6, 6.07) is 12.7. The third-order valence-corrected chi connectivity index (χ3v) is 4.96. The second-order valence-corrected chi connectivity index (χ2v) is 6.91. The Morgan fingerprint density at radius 1 is 1.18 bits per heavy atom. The van der Waals surface area contributed by atoms with Gasteiger partial charge in [-0.15, -0.1) is 0 Å². The van der Waals surface area contributed by atoms with Gasteiger partial charge in [-0.1, -0.05) is 35.9 Å². The van der Waals surface area contributed by atoms with Gasteiger partial charge >= 0.3 is 0 Å². The summed E-state index contributed by atoms with van der Waals surface area (Å²) in [5, 5.41) is 7.72. The molecule has 0 unspecified atom stereocenters. The van der Waals surface area contributed by atoms with Crippen molar-refractivity contribution in [2.75, 3.05) is 6.54 Å². The standard InChI is InChI=1S/C20H18ClN5O2/c21-16-6-2-1-5-15(16)13-25-8-9-26-18(20(25)28)10-17(24-26)19(27)23-12-14-4-3-7-22-11-14/h1-7,10-11H,8-9,12-13H2,(H,23,27). The van der Waals surface area contributed by atoms with Crippen molar-refractivity contribution in [1.29, 1.82) is 0 Å². The van der Waals surface area contributed by atoms with Gasteiger partial charge in [0.05, 0.1) is 6.54 Å². The summed E-state index contributed by atoms with van der Waals surface area (Å²) in [6.07, 6.45) is 3.36. The van der Waals surface area contributed by atoms with E-state index >= 15 is 0 Å². The van der Waals surface area contributed by atoms with Crippen LogP contribution in [0.4, 0.5) is 0 Å². The van der Waals surface area contributed by atoms with Crippen molar-refractivity contribution in [3.63, 3.8) is 0 Å². The minimum Gasteiger partial charge on any atom is -0.347 e. The van der Waals surface area contributed by atoms with E-state index in [4.69, 9.17) is 11.6 Å². The number of rotatable bonds is 5. The number of nitrogens with one attached hydrogen (secondary N) is 1. The van der Waals surface area contributed by atoms with Crippen LogP contribution in [0.25, 0.3) is 0 Å². The maximum absolute atomic E-state index is 12.8. The molecule has 1 aromatic carbocycles. The van der Waals surface area contributed by atoms with E-state index in [1.54, 1.807) is 34.1 Å². The first-order valence-electron chi connectivity index (χ1n) is 8.89. The van der Waals surface area contributed by atoms with Crippen molar-refractivity contribution in [1.82, 2.24) is 25.0 Å². The molecule has 142 valence electrons. The first-order chi connectivity index (χ1) is 13.6. The minimum absolute atomic E-state index is 0.162. The van der Waals surface area contributed by atoms with Gasteiger partial charge in [0, 0.05) is 43.1 Å². The molecule has 3 aromatic rings. The summed E-state index contributed by atoms with van der Waals surface area (Å²) in [6.45, 7) is 1.81. The maximum Gasteiger partial charge on any atom is 0.272 e. The number of aromatic nitrogens is 3. The fraction of sp³-hybridized carbons (Fsp3) is 0.200. The van der Waals surface area contributed by atoms with E-state index in [0.717, 1.165) is 11.1 Å². The molecule has 28 heavy (non-hydrogen) atoms. The predicted octanol–water partition coefficient (Wildman–Crippen LogP) is 2.52. The lowest BCUT2D eigenvalue weighted by Crippen LogP contribution is -2.39. The highest BCUT2D eigenvalue weighted by atomic mass is 35.5. The minimum atomic E-state index is -0.323.